The standard InChI is InChI=1S/C17H20F2O2/c1-10(2)16(20)21-17(11(3)4)9-5-6-12-13(17)7-8-14(18)15(12)19/h7-8,11H,1,5-6,9H2,2-4H3. The maximum Gasteiger partial charge on any atom is 0.334 e. The van der Waals surface area contributed by atoms with Gasteiger partial charge in [0.25, 0.3) is 0 Å². The Morgan fingerprint density at radius 3 is 2.62 bits per heavy atom. The van der Waals surface area contributed by atoms with Crippen LogP contribution < -0.4 is 0 Å². The monoisotopic (exact) mass is 294 g/mol. The summed E-state index contributed by atoms with van der Waals surface area (Å²) in [7, 11) is 0. The van der Waals surface area contributed by atoms with Crippen LogP contribution in [0.1, 0.15) is 44.7 Å². The number of ether oxygens (including phenoxy) is 1. The molecule has 21 heavy (non-hydrogen) atoms. The molecule has 0 amide bonds. The highest BCUT2D eigenvalue weighted by Crippen LogP contribution is 2.45. The van der Waals surface area contributed by atoms with Gasteiger partial charge in [-0.25, -0.2) is 13.6 Å². The Bertz CT molecular complexity index is 593. The molecule has 1 aromatic rings. The Morgan fingerprint density at radius 1 is 1.38 bits per heavy atom. The van der Waals surface area contributed by atoms with E-state index in [1.54, 1.807) is 13.0 Å². The smallest absolute Gasteiger partial charge is 0.334 e. The minimum atomic E-state index is -0.918. The molecule has 0 heterocycles. The number of fused-ring (bicyclic) bond motifs is 1. The number of carbonyl (C=O) groups is 1. The second-order valence-corrected chi connectivity index (χ2v) is 5.96. The van der Waals surface area contributed by atoms with Crippen molar-refractivity contribution in [1.82, 2.24) is 0 Å². The first-order valence-electron chi connectivity index (χ1n) is 7.16. The molecule has 0 bridgehead atoms. The van der Waals surface area contributed by atoms with E-state index in [9.17, 15) is 13.6 Å². The Hall–Kier alpha value is -1.71. The molecule has 0 saturated heterocycles. The third kappa shape index (κ3) is 2.59. The molecule has 2 nitrogen and oxygen atoms in total. The summed E-state index contributed by atoms with van der Waals surface area (Å²) >= 11 is 0. The summed E-state index contributed by atoms with van der Waals surface area (Å²) in [6.45, 7) is 9.00. The molecular formula is C17H20F2O2. The van der Waals surface area contributed by atoms with Crippen molar-refractivity contribution in [3.8, 4) is 0 Å². The van der Waals surface area contributed by atoms with Crippen LogP contribution in [-0.2, 0) is 21.6 Å². The first-order chi connectivity index (χ1) is 9.79. The SMILES string of the molecule is C=C(C)C(=O)OC1(C(C)C)CCCc2c1ccc(F)c2F. The minimum absolute atomic E-state index is 0.0512. The van der Waals surface area contributed by atoms with E-state index >= 15 is 0 Å². The first kappa shape index (κ1) is 15.7. The molecule has 1 aliphatic rings. The molecule has 1 unspecified atom stereocenters. The quantitative estimate of drug-likeness (QED) is 0.614. The normalized spacial score (nSPS) is 21.0. The van der Waals surface area contributed by atoms with Crippen LogP contribution in [0.25, 0.3) is 0 Å². The Kier molecular flexibility index (Phi) is 4.17. The lowest BCUT2D eigenvalue weighted by atomic mass is 9.72. The lowest BCUT2D eigenvalue weighted by Gasteiger charge is -2.42. The number of carbonyl (C=O) groups excluding carboxylic acids is 1. The maximum absolute atomic E-state index is 14.1. The summed E-state index contributed by atoms with van der Waals surface area (Å²) in [5, 5.41) is 0. The van der Waals surface area contributed by atoms with E-state index in [0.717, 1.165) is 6.07 Å². The molecule has 0 aromatic heterocycles. The van der Waals surface area contributed by atoms with Crippen LogP contribution in [0.15, 0.2) is 24.3 Å². The molecule has 1 aromatic carbocycles. The van der Waals surface area contributed by atoms with Crippen LogP contribution in [-0.4, -0.2) is 5.97 Å². The van der Waals surface area contributed by atoms with Crippen molar-refractivity contribution in [3.63, 3.8) is 0 Å². The summed E-state index contributed by atoms with van der Waals surface area (Å²) in [4.78, 5) is 12.0. The molecule has 0 saturated carbocycles. The van der Waals surface area contributed by atoms with E-state index < -0.39 is 23.2 Å². The zero-order valence-corrected chi connectivity index (χ0v) is 12.6. The van der Waals surface area contributed by atoms with E-state index in [1.165, 1.54) is 0 Å². The van der Waals surface area contributed by atoms with Crippen LogP contribution in [0.5, 0.6) is 0 Å². The Balaban J connectivity index is 2.57. The molecule has 0 spiro atoms. The third-order valence-corrected chi connectivity index (χ3v) is 4.18. The fourth-order valence-electron chi connectivity index (χ4n) is 2.97. The minimum Gasteiger partial charge on any atom is -0.451 e. The lowest BCUT2D eigenvalue weighted by molar-refractivity contribution is -0.164. The van der Waals surface area contributed by atoms with Gasteiger partial charge in [-0.1, -0.05) is 26.5 Å². The van der Waals surface area contributed by atoms with E-state index in [2.05, 4.69) is 6.58 Å². The van der Waals surface area contributed by atoms with E-state index in [0.29, 0.717) is 36.0 Å². The van der Waals surface area contributed by atoms with Gasteiger partial charge in [-0.05, 0) is 43.7 Å². The highest BCUT2D eigenvalue weighted by atomic mass is 19.2. The third-order valence-electron chi connectivity index (χ3n) is 4.18. The summed E-state index contributed by atoms with van der Waals surface area (Å²) in [6, 6.07) is 2.64. The Labute approximate surface area is 123 Å². The topological polar surface area (TPSA) is 26.3 Å². The van der Waals surface area contributed by atoms with Crippen LogP contribution in [0, 0.1) is 17.6 Å². The van der Waals surface area contributed by atoms with Crippen LogP contribution in [0.4, 0.5) is 8.78 Å². The van der Waals surface area contributed by atoms with Gasteiger partial charge in [0, 0.05) is 11.1 Å². The summed E-state index contributed by atoms with van der Waals surface area (Å²) in [6.07, 6.45) is 1.70. The zero-order chi connectivity index (χ0) is 15.8. The van der Waals surface area contributed by atoms with Gasteiger partial charge in [0.1, 0.15) is 5.60 Å². The van der Waals surface area contributed by atoms with E-state index in [4.69, 9.17) is 4.74 Å². The zero-order valence-electron chi connectivity index (χ0n) is 12.6. The predicted octanol–water partition coefficient (Wildman–Crippen LogP) is 4.27. The van der Waals surface area contributed by atoms with Crippen molar-refractivity contribution in [2.24, 2.45) is 5.92 Å². The largest absolute Gasteiger partial charge is 0.451 e. The molecule has 4 heteroatoms. The van der Waals surface area contributed by atoms with Crippen molar-refractivity contribution in [2.75, 3.05) is 0 Å². The van der Waals surface area contributed by atoms with Crippen LogP contribution >= 0.6 is 0 Å². The van der Waals surface area contributed by atoms with E-state index in [1.807, 2.05) is 13.8 Å². The van der Waals surface area contributed by atoms with Gasteiger partial charge in [-0.3, -0.25) is 0 Å². The number of rotatable bonds is 3. The predicted molar refractivity (Wildman–Crippen MR) is 76.7 cm³/mol. The van der Waals surface area contributed by atoms with Crippen LogP contribution in [0.2, 0.25) is 0 Å². The van der Waals surface area contributed by atoms with Crippen molar-refractivity contribution < 1.29 is 18.3 Å². The molecule has 0 N–H and O–H groups in total. The number of esters is 1. The fourth-order valence-corrected chi connectivity index (χ4v) is 2.97. The number of hydrogen-bond acceptors (Lipinski definition) is 2. The van der Waals surface area contributed by atoms with Crippen LogP contribution in [0.3, 0.4) is 0 Å². The van der Waals surface area contributed by atoms with Gasteiger partial charge in [0.05, 0.1) is 0 Å². The molecule has 1 aliphatic carbocycles. The van der Waals surface area contributed by atoms with Gasteiger partial charge in [-0.15, -0.1) is 0 Å². The fraction of sp³-hybridized carbons (Fsp3) is 0.471. The summed E-state index contributed by atoms with van der Waals surface area (Å²) < 4.78 is 33.2. The number of benzene rings is 1. The number of halogens is 2. The first-order valence-corrected chi connectivity index (χ1v) is 7.16. The summed E-state index contributed by atoms with van der Waals surface area (Å²) in [5.41, 5.74) is 0.282. The molecule has 1 atom stereocenters. The lowest BCUT2D eigenvalue weighted by Crippen LogP contribution is -2.41. The average molecular weight is 294 g/mol. The molecule has 0 radical (unpaired) electrons. The molecule has 0 fully saturated rings. The Morgan fingerprint density at radius 2 is 2.05 bits per heavy atom. The van der Waals surface area contributed by atoms with E-state index in [-0.39, 0.29) is 5.92 Å². The van der Waals surface area contributed by atoms with Gasteiger partial charge >= 0.3 is 5.97 Å². The average Bonchev–Trinajstić information content (AvgIpc) is 2.42. The highest BCUT2D eigenvalue weighted by Gasteiger charge is 2.44. The van der Waals surface area contributed by atoms with Crippen molar-refractivity contribution in [3.05, 3.63) is 47.0 Å². The molecular weight excluding hydrogens is 274 g/mol. The molecule has 114 valence electrons. The van der Waals surface area contributed by atoms with Gasteiger partial charge < -0.3 is 4.74 Å². The maximum atomic E-state index is 14.1. The van der Waals surface area contributed by atoms with Gasteiger partial charge in [0.2, 0.25) is 0 Å². The van der Waals surface area contributed by atoms with Crippen molar-refractivity contribution >= 4 is 5.97 Å². The van der Waals surface area contributed by atoms with Crippen molar-refractivity contribution in [1.29, 1.82) is 0 Å². The second kappa shape index (κ2) is 5.58. The second-order valence-electron chi connectivity index (χ2n) is 5.96. The van der Waals surface area contributed by atoms with Crippen molar-refractivity contribution in [2.45, 2.75) is 45.6 Å². The number of hydrogen-bond donors (Lipinski definition) is 0. The van der Waals surface area contributed by atoms with Gasteiger partial charge in [0.15, 0.2) is 11.6 Å². The summed E-state index contributed by atoms with van der Waals surface area (Å²) in [5.74, 6) is -2.24. The molecule has 0 aliphatic heterocycles. The molecule has 2 rings (SSSR count). The highest BCUT2D eigenvalue weighted by molar-refractivity contribution is 5.87. The van der Waals surface area contributed by atoms with Gasteiger partial charge in [-0.2, -0.15) is 0 Å².